The molecule has 0 saturated carbocycles. The number of nitrogens with zero attached hydrogens (tertiary/aromatic N) is 4. The van der Waals surface area contributed by atoms with E-state index in [-0.39, 0.29) is 11.9 Å². The molecular formula is C27H29N5O2. The van der Waals surface area contributed by atoms with Gasteiger partial charge >= 0.3 is 0 Å². The molecule has 0 radical (unpaired) electrons. The van der Waals surface area contributed by atoms with E-state index in [1.807, 2.05) is 25.6 Å². The lowest BCUT2D eigenvalue weighted by Crippen LogP contribution is -2.15. The molecule has 1 aliphatic carbocycles. The Morgan fingerprint density at radius 2 is 2.06 bits per heavy atom. The van der Waals surface area contributed by atoms with Crippen molar-refractivity contribution in [1.82, 2.24) is 19.7 Å². The van der Waals surface area contributed by atoms with Crippen molar-refractivity contribution in [2.24, 2.45) is 12.2 Å². The Hall–Kier alpha value is -3.61. The number of hydrogen-bond donors (Lipinski definition) is 1. The number of oxime groups is 1. The van der Waals surface area contributed by atoms with Crippen LogP contribution in [0.2, 0.25) is 0 Å². The number of benzene rings is 2. The van der Waals surface area contributed by atoms with Crippen LogP contribution in [-0.2, 0) is 31.3 Å². The second-order valence-electron chi connectivity index (χ2n) is 9.57. The van der Waals surface area contributed by atoms with Crippen LogP contribution in [0, 0.1) is 0 Å². The quantitative estimate of drug-likeness (QED) is 0.352. The van der Waals surface area contributed by atoms with Crippen molar-refractivity contribution in [3.63, 3.8) is 0 Å². The van der Waals surface area contributed by atoms with Gasteiger partial charge in [0.1, 0.15) is 6.61 Å². The number of fused-ring (bicyclic) bond motifs is 10. The summed E-state index contributed by atoms with van der Waals surface area (Å²) >= 11 is 0. The van der Waals surface area contributed by atoms with Crippen molar-refractivity contribution < 1.29 is 9.63 Å². The number of aryl methyl sites for hydroxylation is 3. The first kappa shape index (κ1) is 21.0. The highest BCUT2D eigenvalue weighted by molar-refractivity contribution is 6.20. The zero-order valence-electron chi connectivity index (χ0n) is 20.3. The van der Waals surface area contributed by atoms with Crippen LogP contribution in [0.3, 0.4) is 0 Å². The summed E-state index contributed by atoms with van der Waals surface area (Å²) in [6.45, 7) is 9.45. The lowest BCUT2D eigenvalue weighted by Gasteiger charge is -2.22. The maximum atomic E-state index is 13.2. The highest BCUT2D eigenvalue weighted by Crippen LogP contribution is 2.47. The normalized spacial score (nSPS) is 15.1. The SMILES string of the molecule is CCO/N=C(\C)c1ccc2c(c1)c1c3c(c4c(c1n2C(C)C)CCc1nn(C)cc1-4)C(=O)NC3. The molecule has 34 heavy (non-hydrogen) atoms. The van der Waals surface area contributed by atoms with Gasteiger partial charge in [0.25, 0.3) is 5.91 Å². The zero-order chi connectivity index (χ0) is 23.7. The largest absolute Gasteiger partial charge is 0.396 e. The van der Waals surface area contributed by atoms with Crippen molar-refractivity contribution in [2.45, 2.75) is 53.1 Å². The lowest BCUT2D eigenvalue weighted by molar-refractivity contribution is 0.0966. The number of hydrogen-bond acceptors (Lipinski definition) is 4. The fraction of sp³-hybridized carbons (Fsp3) is 0.370. The fourth-order valence-electron chi connectivity index (χ4n) is 5.83. The molecule has 0 fully saturated rings. The van der Waals surface area contributed by atoms with Gasteiger partial charge in [0.15, 0.2) is 0 Å². The van der Waals surface area contributed by atoms with Crippen LogP contribution in [-0.4, -0.2) is 32.6 Å². The van der Waals surface area contributed by atoms with E-state index in [1.54, 1.807) is 0 Å². The van der Waals surface area contributed by atoms with Crippen LogP contribution in [0.15, 0.2) is 29.6 Å². The number of carbonyl (C=O) groups is 1. The third-order valence-electron chi connectivity index (χ3n) is 7.15. The summed E-state index contributed by atoms with van der Waals surface area (Å²) in [5.41, 5.74) is 10.7. The van der Waals surface area contributed by atoms with Crippen molar-refractivity contribution in [3.05, 3.63) is 52.3 Å². The molecule has 0 atom stereocenters. The molecule has 0 unspecified atom stereocenters. The molecule has 174 valence electrons. The minimum atomic E-state index is 0.0144. The highest BCUT2D eigenvalue weighted by atomic mass is 16.6. The average Bonchev–Trinajstić information content (AvgIpc) is 3.49. The molecule has 1 N–H and O–H groups in total. The van der Waals surface area contributed by atoms with Gasteiger partial charge in [-0.05, 0) is 69.4 Å². The Balaban J connectivity index is 1.77. The van der Waals surface area contributed by atoms with E-state index in [0.717, 1.165) is 52.1 Å². The first-order chi connectivity index (χ1) is 16.4. The Kier molecular flexibility index (Phi) is 4.59. The molecule has 7 heteroatoms. The van der Waals surface area contributed by atoms with Gasteiger partial charge in [-0.25, -0.2) is 0 Å². The van der Waals surface area contributed by atoms with Gasteiger partial charge in [-0.1, -0.05) is 11.2 Å². The van der Waals surface area contributed by atoms with Crippen LogP contribution < -0.4 is 5.32 Å². The fourth-order valence-corrected chi connectivity index (χ4v) is 5.83. The lowest BCUT2D eigenvalue weighted by atomic mass is 9.82. The van der Waals surface area contributed by atoms with Crippen LogP contribution in [0.4, 0.5) is 0 Å². The topological polar surface area (TPSA) is 73.4 Å². The molecule has 2 aromatic carbocycles. The Morgan fingerprint density at radius 1 is 1.24 bits per heavy atom. The smallest absolute Gasteiger partial charge is 0.252 e. The van der Waals surface area contributed by atoms with Crippen molar-refractivity contribution >= 4 is 33.4 Å². The molecule has 0 bridgehead atoms. The van der Waals surface area contributed by atoms with E-state index < -0.39 is 0 Å². The van der Waals surface area contributed by atoms with E-state index in [1.165, 1.54) is 27.4 Å². The Bertz CT molecular complexity index is 1540. The third kappa shape index (κ3) is 2.79. The van der Waals surface area contributed by atoms with Gasteiger partial charge in [-0.3, -0.25) is 9.48 Å². The standard InChI is InChI=1S/C27H29N5O2/c1-6-34-30-15(4)16-7-10-22-18(11-16)24-19-12-28-27(33)25(19)23-17(26(24)32(22)14(2)3)8-9-21-20(23)13-31(5)29-21/h7,10-11,13-14H,6,8-9,12H2,1-5H3,(H,28,33)/b30-15+. The number of carbonyl (C=O) groups excluding carboxylic acids is 1. The predicted molar refractivity (Wildman–Crippen MR) is 134 cm³/mol. The molecule has 0 spiro atoms. The number of nitrogens with one attached hydrogen (secondary N) is 1. The molecule has 1 aliphatic heterocycles. The van der Waals surface area contributed by atoms with E-state index in [0.29, 0.717) is 13.2 Å². The molecular weight excluding hydrogens is 426 g/mol. The number of amides is 1. The summed E-state index contributed by atoms with van der Waals surface area (Å²) in [6.07, 6.45) is 3.82. The number of aromatic nitrogens is 3. The minimum absolute atomic E-state index is 0.0144. The summed E-state index contributed by atoms with van der Waals surface area (Å²) in [7, 11) is 1.95. The summed E-state index contributed by atoms with van der Waals surface area (Å²) in [5, 5.41) is 14.4. The molecule has 1 amide bonds. The third-order valence-corrected chi connectivity index (χ3v) is 7.15. The van der Waals surface area contributed by atoms with Gasteiger partial charge in [-0.15, -0.1) is 0 Å². The molecule has 3 heterocycles. The van der Waals surface area contributed by atoms with E-state index in [2.05, 4.69) is 58.4 Å². The summed E-state index contributed by atoms with van der Waals surface area (Å²) in [6, 6.07) is 6.79. The maximum Gasteiger partial charge on any atom is 0.252 e. The second-order valence-corrected chi connectivity index (χ2v) is 9.57. The van der Waals surface area contributed by atoms with Crippen LogP contribution in [0.25, 0.3) is 32.9 Å². The van der Waals surface area contributed by atoms with Crippen molar-refractivity contribution in [2.75, 3.05) is 6.61 Å². The monoisotopic (exact) mass is 455 g/mol. The van der Waals surface area contributed by atoms with E-state index in [4.69, 9.17) is 4.84 Å². The van der Waals surface area contributed by atoms with Gasteiger partial charge in [0.2, 0.25) is 0 Å². The molecule has 7 nitrogen and oxygen atoms in total. The van der Waals surface area contributed by atoms with Crippen LogP contribution in [0.1, 0.15) is 66.5 Å². The van der Waals surface area contributed by atoms with Gasteiger partial charge < -0.3 is 14.7 Å². The van der Waals surface area contributed by atoms with Crippen molar-refractivity contribution in [3.8, 4) is 11.1 Å². The van der Waals surface area contributed by atoms with Crippen molar-refractivity contribution in [1.29, 1.82) is 0 Å². The average molecular weight is 456 g/mol. The van der Waals surface area contributed by atoms with Gasteiger partial charge in [0, 0.05) is 53.2 Å². The first-order valence-electron chi connectivity index (χ1n) is 12.0. The molecule has 4 aromatic rings. The molecule has 6 rings (SSSR count). The van der Waals surface area contributed by atoms with E-state index >= 15 is 0 Å². The summed E-state index contributed by atoms with van der Waals surface area (Å²) in [5.74, 6) is 0.0144. The second kappa shape index (κ2) is 7.45. The summed E-state index contributed by atoms with van der Waals surface area (Å²) in [4.78, 5) is 18.5. The first-order valence-corrected chi connectivity index (χ1v) is 12.0. The highest BCUT2D eigenvalue weighted by Gasteiger charge is 2.35. The summed E-state index contributed by atoms with van der Waals surface area (Å²) < 4.78 is 4.32. The van der Waals surface area contributed by atoms with Gasteiger partial charge in [0.05, 0.1) is 22.5 Å². The Labute approximate surface area is 198 Å². The van der Waals surface area contributed by atoms with Crippen LogP contribution >= 0.6 is 0 Å². The number of rotatable bonds is 4. The molecule has 0 saturated heterocycles. The maximum absolute atomic E-state index is 13.2. The zero-order valence-corrected chi connectivity index (χ0v) is 20.3. The molecule has 2 aromatic heterocycles. The molecule has 2 aliphatic rings. The van der Waals surface area contributed by atoms with Gasteiger partial charge in [-0.2, -0.15) is 5.10 Å². The Morgan fingerprint density at radius 3 is 2.82 bits per heavy atom. The van der Waals surface area contributed by atoms with Crippen LogP contribution in [0.5, 0.6) is 0 Å². The van der Waals surface area contributed by atoms with E-state index in [9.17, 15) is 4.79 Å². The minimum Gasteiger partial charge on any atom is -0.396 e. The predicted octanol–water partition coefficient (Wildman–Crippen LogP) is 4.88.